The number of carbonyl (C=O) groups is 2. The van der Waals surface area contributed by atoms with Crippen LogP contribution in [0.15, 0.2) is 0 Å². The van der Waals surface area contributed by atoms with Gasteiger partial charge < -0.3 is 14.8 Å². The van der Waals surface area contributed by atoms with E-state index in [9.17, 15) is 18.0 Å². The molecule has 1 fully saturated rings. The maximum atomic E-state index is 11.7. The molecule has 0 saturated carbocycles. The van der Waals surface area contributed by atoms with E-state index in [1.165, 1.54) is 7.11 Å². The molecule has 1 rings (SSSR count). The summed E-state index contributed by atoms with van der Waals surface area (Å²) in [7, 11) is -2.01. The third-order valence-electron chi connectivity index (χ3n) is 3.21. The fraction of sp³-hybridized carbons (Fsp3) is 0.846. The van der Waals surface area contributed by atoms with Crippen LogP contribution >= 0.6 is 0 Å². The van der Waals surface area contributed by atoms with Crippen LogP contribution in [0, 0.1) is 11.8 Å². The van der Waals surface area contributed by atoms with Crippen molar-refractivity contribution in [3.8, 4) is 0 Å². The zero-order chi connectivity index (χ0) is 16.3. The van der Waals surface area contributed by atoms with Gasteiger partial charge in [0.15, 0.2) is 9.84 Å². The number of hydrogen-bond acceptors (Lipinski definition) is 6. The molecule has 2 unspecified atom stereocenters. The minimum Gasteiger partial charge on any atom is -0.469 e. The van der Waals surface area contributed by atoms with Gasteiger partial charge in [0.05, 0.1) is 24.5 Å². The van der Waals surface area contributed by atoms with Crippen LogP contribution in [0.3, 0.4) is 0 Å². The first-order valence-electron chi connectivity index (χ1n) is 6.79. The van der Waals surface area contributed by atoms with Gasteiger partial charge in [-0.1, -0.05) is 0 Å². The van der Waals surface area contributed by atoms with Crippen LogP contribution in [-0.4, -0.2) is 51.2 Å². The summed E-state index contributed by atoms with van der Waals surface area (Å²) in [6, 6.07) is 0. The van der Waals surface area contributed by atoms with Gasteiger partial charge in [0.1, 0.15) is 5.60 Å². The van der Waals surface area contributed by atoms with E-state index in [0.717, 1.165) is 0 Å². The van der Waals surface area contributed by atoms with E-state index in [2.05, 4.69) is 10.1 Å². The Morgan fingerprint density at radius 1 is 1.29 bits per heavy atom. The molecule has 0 radical (unpaired) electrons. The third-order valence-corrected chi connectivity index (χ3v) is 4.94. The van der Waals surface area contributed by atoms with Crippen LogP contribution in [0.25, 0.3) is 0 Å². The highest BCUT2D eigenvalue weighted by Gasteiger charge is 2.38. The van der Waals surface area contributed by atoms with E-state index in [1.807, 2.05) is 0 Å². The van der Waals surface area contributed by atoms with Gasteiger partial charge in [-0.3, -0.25) is 4.79 Å². The number of methoxy groups -OCH3 is 1. The fourth-order valence-electron chi connectivity index (χ4n) is 2.21. The van der Waals surface area contributed by atoms with Crippen molar-refractivity contribution in [2.45, 2.75) is 32.8 Å². The Balaban J connectivity index is 2.63. The number of carbonyl (C=O) groups excluding carboxylic acids is 2. The van der Waals surface area contributed by atoms with Gasteiger partial charge >= 0.3 is 12.1 Å². The second kappa shape index (κ2) is 6.64. The van der Waals surface area contributed by atoms with Crippen molar-refractivity contribution >= 4 is 21.9 Å². The Labute approximate surface area is 125 Å². The maximum absolute atomic E-state index is 11.7. The number of hydrogen-bond donors (Lipinski definition) is 1. The van der Waals surface area contributed by atoms with Crippen LogP contribution in [0.2, 0.25) is 0 Å². The molecule has 0 spiro atoms. The molecule has 21 heavy (non-hydrogen) atoms. The molecule has 0 aliphatic carbocycles. The van der Waals surface area contributed by atoms with Crippen molar-refractivity contribution in [1.82, 2.24) is 5.32 Å². The van der Waals surface area contributed by atoms with Crippen molar-refractivity contribution in [2.75, 3.05) is 25.2 Å². The smallest absolute Gasteiger partial charge is 0.407 e. The number of esters is 1. The fourth-order valence-corrected chi connectivity index (χ4v) is 3.99. The molecule has 1 saturated heterocycles. The van der Waals surface area contributed by atoms with Gasteiger partial charge in [-0.15, -0.1) is 0 Å². The first-order valence-corrected chi connectivity index (χ1v) is 8.61. The van der Waals surface area contributed by atoms with Crippen LogP contribution in [-0.2, 0) is 24.1 Å². The largest absolute Gasteiger partial charge is 0.469 e. The molecule has 1 aliphatic rings. The lowest BCUT2D eigenvalue weighted by atomic mass is 9.91. The molecular formula is C13H23NO6S. The third kappa shape index (κ3) is 5.91. The van der Waals surface area contributed by atoms with Gasteiger partial charge in [-0.25, -0.2) is 13.2 Å². The summed E-state index contributed by atoms with van der Waals surface area (Å²) < 4.78 is 33.0. The lowest BCUT2D eigenvalue weighted by Gasteiger charge is -2.29. The number of sulfone groups is 1. The van der Waals surface area contributed by atoms with Crippen LogP contribution in [0.1, 0.15) is 27.2 Å². The first-order chi connectivity index (χ1) is 9.54. The van der Waals surface area contributed by atoms with Crippen molar-refractivity contribution in [2.24, 2.45) is 11.8 Å². The summed E-state index contributed by atoms with van der Waals surface area (Å²) >= 11 is 0. The predicted molar refractivity (Wildman–Crippen MR) is 76.5 cm³/mol. The standard InChI is InChI=1S/C13H23NO6S/c1-13(2,3)20-12(16)14-7-9-5-6-21(17,18)8-10(9)11(15)19-4/h9-10H,5-8H2,1-4H3,(H,14,16). The van der Waals surface area contributed by atoms with Gasteiger partial charge in [0, 0.05) is 6.54 Å². The molecule has 122 valence electrons. The van der Waals surface area contributed by atoms with Gasteiger partial charge in [-0.2, -0.15) is 0 Å². The average molecular weight is 321 g/mol. The monoisotopic (exact) mass is 321 g/mol. The van der Waals surface area contributed by atoms with Crippen molar-refractivity contribution in [3.05, 3.63) is 0 Å². The lowest BCUT2D eigenvalue weighted by Crippen LogP contribution is -2.44. The molecular weight excluding hydrogens is 298 g/mol. The first kappa shape index (κ1) is 17.7. The molecule has 0 aromatic rings. The summed E-state index contributed by atoms with van der Waals surface area (Å²) in [6.45, 7) is 5.43. The van der Waals surface area contributed by atoms with Gasteiger partial charge in [0.25, 0.3) is 0 Å². The molecule has 1 heterocycles. The number of ether oxygens (including phenoxy) is 2. The summed E-state index contributed by atoms with van der Waals surface area (Å²) in [5, 5.41) is 2.58. The van der Waals surface area contributed by atoms with Crippen molar-refractivity contribution in [3.63, 3.8) is 0 Å². The molecule has 8 heteroatoms. The second-order valence-corrected chi connectivity index (χ2v) is 8.40. The molecule has 1 aliphatic heterocycles. The van der Waals surface area contributed by atoms with Crippen LogP contribution in [0.4, 0.5) is 4.79 Å². The minimum atomic E-state index is -3.23. The number of alkyl carbamates (subject to hydrolysis) is 1. The zero-order valence-corrected chi connectivity index (χ0v) is 13.7. The number of amides is 1. The summed E-state index contributed by atoms with van der Waals surface area (Å²) in [4.78, 5) is 23.3. The van der Waals surface area contributed by atoms with Crippen molar-refractivity contribution < 1.29 is 27.5 Å². The van der Waals surface area contributed by atoms with E-state index < -0.39 is 33.4 Å². The Hall–Kier alpha value is -1.31. The molecule has 0 aromatic carbocycles. The topological polar surface area (TPSA) is 98.8 Å². The highest BCUT2D eigenvalue weighted by Crippen LogP contribution is 2.26. The van der Waals surface area contributed by atoms with Crippen molar-refractivity contribution in [1.29, 1.82) is 0 Å². The van der Waals surface area contributed by atoms with Gasteiger partial charge in [0.2, 0.25) is 0 Å². The van der Waals surface area contributed by atoms with E-state index in [4.69, 9.17) is 4.74 Å². The average Bonchev–Trinajstić information content (AvgIpc) is 2.33. The Bertz CT molecular complexity index is 493. The predicted octanol–water partition coefficient (Wildman–Crippen LogP) is 0.735. The van der Waals surface area contributed by atoms with E-state index in [-0.39, 0.29) is 24.0 Å². The zero-order valence-electron chi connectivity index (χ0n) is 12.8. The minimum absolute atomic E-state index is 0.0150. The number of nitrogens with one attached hydrogen (secondary N) is 1. The summed E-state index contributed by atoms with van der Waals surface area (Å²) in [5.74, 6) is -1.80. The highest BCUT2D eigenvalue weighted by atomic mass is 32.2. The molecule has 0 aromatic heterocycles. The van der Waals surface area contributed by atoms with Gasteiger partial charge in [-0.05, 0) is 33.1 Å². The van der Waals surface area contributed by atoms with Crippen LogP contribution in [0.5, 0.6) is 0 Å². The van der Waals surface area contributed by atoms with E-state index >= 15 is 0 Å². The maximum Gasteiger partial charge on any atom is 0.407 e. The van der Waals surface area contributed by atoms with Crippen LogP contribution < -0.4 is 5.32 Å². The molecule has 2 atom stereocenters. The second-order valence-electron chi connectivity index (χ2n) is 6.18. The molecule has 1 amide bonds. The SMILES string of the molecule is COC(=O)C1CS(=O)(=O)CCC1CNC(=O)OC(C)(C)C. The quantitative estimate of drug-likeness (QED) is 0.770. The lowest BCUT2D eigenvalue weighted by molar-refractivity contribution is -0.146. The Morgan fingerprint density at radius 3 is 2.43 bits per heavy atom. The Kier molecular flexibility index (Phi) is 5.61. The number of rotatable bonds is 3. The summed E-state index contributed by atoms with van der Waals surface area (Å²) in [6.07, 6.45) is -0.266. The summed E-state index contributed by atoms with van der Waals surface area (Å²) in [5.41, 5.74) is -0.609. The molecule has 0 bridgehead atoms. The highest BCUT2D eigenvalue weighted by molar-refractivity contribution is 7.91. The molecule has 1 N–H and O–H groups in total. The van der Waals surface area contributed by atoms with E-state index in [1.54, 1.807) is 20.8 Å². The molecule has 7 nitrogen and oxygen atoms in total. The van der Waals surface area contributed by atoms with E-state index in [0.29, 0.717) is 6.42 Å². The normalized spacial score (nSPS) is 25.0. The Morgan fingerprint density at radius 2 is 1.90 bits per heavy atom.